The van der Waals surface area contributed by atoms with E-state index in [0.29, 0.717) is 12.0 Å². The molecule has 0 radical (unpaired) electrons. The van der Waals surface area contributed by atoms with Crippen LogP contribution in [0.15, 0.2) is 24.3 Å². The highest BCUT2D eigenvalue weighted by Gasteiger charge is 2.51. The number of nitrogens with zero attached hydrogens (tertiary/aromatic N) is 2. The van der Waals surface area contributed by atoms with Gasteiger partial charge < -0.3 is 10.2 Å². The Morgan fingerprint density at radius 3 is 2.44 bits per heavy atom. The van der Waals surface area contributed by atoms with Crippen molar-refractivity contribution in [1.82, 2.24) is 15.1 Å². The molecular weight excluding hydrogens is 349 g/mol. The van der Waals surface area contributed by atoms with E-state index >= 15 is 0 Å². The number of urea groups is 1. The molecule has 2 aliphatic rings. The third-order valence-corrected chi connectivity index (χ3v) is 5.85. The Kier molecular flexibility index (Phi) is 5.48. The van der Waals surface area contributed by atoms with E-state index in [-0.39, 0.29) is 18.5 Å². The molecule has 1 heterocycles. The standard InChI is InChI=1S/C20H26FN3O3/c1-3-20(14-9-11-15(21)12-10-14)18(26)24(19(27)22-20)13-17(25)23(2)16-7-5-4-6-8-16/h9-12,16H,3-8,13H2,1-2H3,(H,22,27). The summed E-state index contributed by atoms with van der Waals surface area (Å²) in [4.78, 5) is 40.9. The molecule has 4 amide bonds. The maximum atomic E-state index is 13.3. The first kappa shape index (κ1) is 19.3. The van der Waals surface area contributed by atoms with Crippen molar-refractivity contribution in [2.24, 2.45) is 0 Å². The highest BCUT2D eigenvalue weighted by Crippen LogP contribution is 2.32. The van der Waals surface area contributed by atoms with Crippen LogP contribution < -0.4 is 5.32 Å². The van der Waals surface area contributed by atoms with Crippen molar-refractivity contribution in [2.45, 2.75) is 57.0 Å². The third kappa shape index (κ3) is 3.55. The van der Waals surface area contributed by atoms with Crippen LogP contribution in [0.3, 0.4) is 0 Å². The number of imide groups is 1. The molecule has 1 N–H and O–H groups in total. The van der Waals surface area contributed by atoms with Crippen LogP contribution in [0.5, 0.6) is 0 Å². The highest BCUT2D eigenvalue weighted by atomic mass is 19.1. The number of halogens is 1. The molecule has 1 aliphatic heterocycles. The molecule has 1 unspecified atom stereocenters. The summed E-state index contributed by atoms with van der Waals surface area (Å²) >= 11 is 0. The predicted molar refractivity (Wildman–Crippen MR) is 98.3 cm³/mol. The minimum absolute atomic E-state index is 0.167. The van der Waals surface area contributed by atoms with Crippen molar-refractivity contribution in [2.75, 3.05) is 13.6 Å². The number of amides is 4. The van der Waals surface area contributed by atoms with Crippen LogP contribution in [-0.4, -0.2) is 47.3 Å². The molecule has 1 aromatic carbocycles. The number of carbonyl (C=O) groups excluding carboxylic acids is 3. The van der Waals surface area contributed by atoms with Crippen LogP contribution in [0.25, 0.3) is 0 Å². The summed E-state index contributed by atoms with van der Waals surface area (Å²) in [6, 6.07) is 5.09. The number of hydrogen-bond donors (Lipinski definition) is 1. The van der Waals surface area contributed by atoms with Crippen molar-refractivity contribution in [3.05, 3.63) is 35.6 Å². The van der Waals surface area contributed by atoms with Crippen molar-refractivity contribution in [3.63, 3.8) is 0 Å². The van der Waals surface area contributed by atoms with Crippen molar-refractivity contribution in [1.29, 1.82) is 0 Å². The van der Waals surface area contributed by atoms with E-state index in [1.807, 2.05) is 0 Å². The summed E-state index contributed by atoms with van der Waals surface area (Å²) in [7, 11) is 1.74. The molecule has 27 heavy (non-hydrogen) atoms. The van der Waals surface area contributed by atoms with Gasteiger partial charge in [-0.25, -0.2) is 9.18 Å². The number of carbonyl (C=O) groups is 3. The second-order valence-electron chi connectivity index (χ2n) is 7.38. The molecule has 1 aliphatic carbocycles. The SMILES string of the molecule is CCC1(c2ccc(F)cc2)NC(=O)N(CC(=O)N(C)C2CCCCC2)C1=O. The fraction of sp³-hybridized carbons (Fsp3) is 0.550. The van der Waals surface area contributed by atoms with Crippen LogP contribution in [-0.2, 0) is 15.1 Å². The van der Waals surface area contributed by atoms with Gasteiger partial charge >= 0.3 is 6.03 Å². The molecule has 1 atom stereocenters. The second kappa shape index (κ2) is 7.66. The zero-order chi connectivity index (χ0) is 19.6. The van der Waals surface area contributed by atoms with Gasteiger partial charge in [0.2, 0.25) is 5.91 Å². The molecule has 0 spiro atoms. The highest BCUT2D eigenvalue weighted by molar-refractivity contribution is 6.09. The molecular formula is C20H26FN3O3. The van der Waals surface area contributed by atoms with E-state index in [1.54, 1.807) is 18.9 Å². The molecule has 1 saturated heterocycles. The van der Waals surface area contributed by atoms with E-state index in [2.05, 4.69) is 5.32 Å². The van der Waals surface area contributed by atoms with Crippen LogP contribution in [0.2, 0.25) is 0 Å². The summed E-state index contributed by atoms with van der Waals surface area (Å²) < 4.78 is 13.3. The lowest BCUT2D eigenvalue weighted by molar-refractivity contribution is -0.140. The Morgan fingerprint density at radius 1 is 1.22 bits per heavy atom. The summed E-state index contributed by atoms with van der Waals surface area (Å²) in [6.07, 6.45) is 5.59. The summed E-state index contributed by atoms with van der Waals surface area (Å²) in [6.45, 7) is 1.50. The fourth-order valence-corrected chi connectivity index (χ4v) is 4.06. The zero-order valence-electron chi connectivity index (χ0n) is 15.8. The van der Waals surface area contributed by atoms with Crippen LogP contribution in [0.4, 0.5) is 9.18 Å². The molecule has 2 fully saturated rings. The van der Waals surface area contributed by atoms with E-state index in [9.17, 15) is 18.8 Å². The quantitative estimate of drug-likeness (QED) is 0.805. The van der Waals surface area contributed by atoms with E-state index in [1.165, 1.54) is 30.7 Å². The van der Waals surface area contributed by atoms with E-state index < -0.39 is 23.3 Å². The molecule has 1 saturated carbocycles. The van der Waals surface area contributed by atoms with Gasteiger partial charge in [0.1, 0.15) is 17.9 Å². The maximum Gasteiger partial charge on any atom is 0.325 e. The predicted octanol–water partition coefficient (Wildman–Crippen LogP) is 2.77. The lowest BCUT2D eigenvalue weighted by Gasteiger charge is -2.32. The van der Waals surface area contributed by atoms with Gasteiger partial charge in [-0.3, -0.25) is 14.5 Å². The molecule has 1 aromatic rings. The van der Waals surface area contributed by atoms with Gasteiger partial charge in [0.15, 0.2) is 0 Å². The average Bonchev–Trinajstić information content (AvgIpc) is 2.93. The largest absolute Gasteiger partial charge is 0.341 e. The second-order valence-corrected chi connectivity index (χ2v) is 7.38. The molecule has 0 bridgehead atoms. The van der Waals surface area contributed by atoms with Gasteiger partial charge in [-0.15, -0.1) is 0 Å². The minimum Gasteiger partial charge on any atom is -0.341 e. The summed E-state index contributed by atoms with van der Waals surface area (Å²) in [5.74, 6) is -1.12. The van der Waals surface area contributed by atoms with E-state index in [0.717, 1.165) is 30.6 Å². The Labute approximate surface area is 158 Å². The van der Waals surface area contributed by atoms with Gasteiger partial charge in [0.05, 0.1) is 0 Å². The normalized spacial score (nSPS) is 23.4. The lowest BCUT2D eigenvalue weighted by Crippen LogP contribution is -2.47. The van der Waals surface area contributed by atoms with E-state index in [4.69, 9.17) is 0 Å². The van der Waals surface area contributed by atoms with Gasteiger partial charge in [0, 0.05) is 13.1 Å². The number of benzene rings is 1. The average molecular weight is 375 g/mol. The topological polar surface area (TPSA) is 69.7 Å². The monoisotopic (exact) mass is 375 g/mol. The number of likely N-dealkylation sites (N-methyl/N-ethyl adjacent to an activating group) is 1. The molecule has 6 nitrogen and oxygen atoms in total. The van der Waals surface area contributed by atoms with Gasteiger partial charge in [0.25, 0.3) is 5.91 Å². The lowest BCUT2D eigenvalue weighted by atomic mass is 9.87. The number of rotatable bonds is 5. The third-order valence-electron chi connectivity index (χ3n) is 5.85. The van der Waals surface area contributed by atoms with Crippen LogP contribution in [0, 0.1) is 5.82 Å². The van der Waals surface area contributed by atoms with Gasteiger partial charge in [-0.1, -0.05) is 38.3 Å². The minimum atomic E-state index is -1.26. The molecule has 146 valence electrons. The molecule has 3 rings (SSSR count). The van der Waals surface area contributed by atoms with Crippen molar-refractivity contribution in [3.8, 4) is 0 Å². The van der Waals surface area contributed by atoms with Crippen molar-refractivity contribution < 1.29 is 18.8 Å². The Bertz CT molecular complexity index is 730. The fourth-order valence-electron chi connectivity index (χ4n) is 4.06. The number of hydrogen-bond acceptors (Lipinski definition) is 3. The zero-order valence-corrected chi connectivity index (χ0v) is 15.8. The van der Waals surface area contributed by atoms with Gasteiger partial charge in [-0.05, 0) is 37.0 Å². The molecule has 0 aromatic heterocycles. The smallest absolute Gasteiger partial charge is 0.325 e. The maximum absolute atomic E-state index is 13.3. The van der Waals surface area contributed by atoms with Gasteiger partial charge in [-0.2, -0.15) is 0 Å². The van der Waals surface area contributed by atoms with Crippen LogP contribution in [0.1, 0.15) is 51.0 Å². The number of nitrogens with one attached hydrogen (secondary N) is 1. The molecule has 7 heteroatoms. The Hall–Kier alpha value is -2.44. The van der Waals surface area contributed by atoms with Crippen LogP contribution >= 0.6 is 0 Å². The first-order valence-electron chi connectivity index (χ1n) is 9.55. The summed E-state index contributed by atoms with van der Waals surface area (Å²) in [5, 5.41) is 2.72. The van der Waals surface area contributed by atoms with Crippen molar-refractivity contribution >= 4 is 17.8 Å². The Morgan fingerprint density at radius 2 is 1.85 bits per heavy atom. The Balaban J connectivity index is 1.76. The first-order valence-corrected chi connectivity index (χ1v) is 9.55. The summed E-state index contributed by atoms with van der Waals surface area (Å²) in [5.41, 5.74) is -0.741. The first-order chi connectivity index (χ1) is 12.9.